The van der Waals surface area contributed by atoms with Crippen LogP contribution >= 0.6 is 0 Å². The summed E-state index contributed by atoms with van der Waals surface area (Å²) >= 11 is 0. The summed E-state index contributed by atoms with van der Waals surface area (Å²) in [5, 5.41) is 4.27. The molecule has 136 valence electrons. The summed E-state index contributed by atoms with van der Waals surface area (Å²) in [5.74, 6) is 0.450. The molecule has 0 bridgehead atoms. The summed E-state index contributed by atoms with van der Waals surface area (Å²) < 4.78 is 7.42. The number of methoxy groups -OCH3 is 1. The van der Waals surface area contributed by atoms with Crippen molar-refractivity contribution in [3.8, 4) is 5.75 Å². The summed E-state index contributed by atoms with van der Waals surface area (Å²) in [6.07, 6.45) is 2.14. The van der Waals surface area contributed by atoms with Crippen LogP contribution in [-0.4, -0.2) is 43.1 Å². The number of amides is 1. The van der Waals surface area contributed by atoms with Crippen molar-refractivity contribution in [2.45, 2.75) is 6.04 Å². The Balaban J connectivity index is 1.84. The number of aryl methyl sites for hydroxylation is 1. The van der Waals surface area contributed by atoms with Crippen molar-refractivity contribution < 1.29 is 9.53 Å². The van der Waals surface area contributed by atoms with E-state index >= 15 is 0 Å². The Labute approximate surface area is 154 Å². The van der Waals surface area contributed by atoms with Crippen molar-refractivity contribution in [1.29, 1.82) is 0 Å². The zero-order valence-electron chi connectivity index (χ0n) is 15.7. The van der Waals surface area contributed by atoms with Crippen LogP contribution in [0.3, 0.4) is 0 Å². The predicted octanol–water partition coefficient (Wildman–Crippen LogP) is 3.22. The number of ether oxygens (including phenoxy) is 1. The first-order valence-electron chi connectivity index (χ1n) is 8.64. The number of hydrogen-bond donors (Lipinski definition) is 1. The van der Waals surface area contributed by atoms with Gasteiger partial charge in [-0.2, -0.15) is 0 Å². The largest absolute Gasteiger partial charge is 0.496 e. The van der Waals surface area contributed by atoms with E-state index in [2.05, 4.69) is 33.1 Å². The Hall–Kier alpha value is -2.79. The highest BCUT2D eigenvalue weighted by Gasteiger charge is 2.21. The van der Waals surface area contributed by atoms with Crippen LogP contribution in [0.5, 0.6) is 5.75 Å². The number of para-hydroxylation sites is 2. The lowest BCUT2D eigenvalue weighted by Gasteiger charge is -2.24. The van der Waals surface area contributed by atoms with Crippen molar-refractivity contribution in [2.75, 3.05) is 27.7 Å². The molecule has 0 aliphatic heterocycles. The maximum absolute atomic E-state index is 12.6. The Morgan fingerprint density at radius 1 is 1.15 bits per heavy atom. The van der Waals surface area contributed by atoms with Gasteiger partial charge in [-0.3, -0.25) is 4.79 Å². The monoisotopic (exact) mass is 351 g/mol. The minimum Gasteiger partial charge on any atom is -0.496 e. The molecule has 5 nitrogen and oxygen atoms in total. The minimum absolute atomic E-state index is 0.0692. The van der Waals surface area contributed by atoms with Crippen molar-refractivity contribution in [3.05, 3.63) is 65.9 Å². The van der Waals surface area contributed by atoms with E-state index in [1.165, 1.54) is 16.5 Å². The van der Waals surface area contributed by atoms with E-state index in [9.17, 15) is 4.79 Å². The summed E-state index contributed by atoms with van der Waals surface area (Å²) in [6, 6.07) is 15.7. The molecule has 1 atom stereocenters. The fraction of sp³-hybridized carbons (Fsp3) is 0.286. The molecule has 3 rings (SSSR count). The second kappa shape index (κ2) is 7.62. The quantitative estimate of drug-likeness (QED) is 0.742. The molecule has 0 fully saturated rings. The number of hydrogen-bond acceptors (Lipinski definition) is 3. The molecule has 1 heterocycles. The Bertz CT molecular complexity index is 915. The molecule has 26 heavy (non-hydrogen) atoms. The predicted molar refractivity (Wildman–Crippen MR) is 105 cm³/mol. The van der Waals surface area contributed by atoms with Crippen LogP contribution in [0.2, 0.25) is 0 Å². The fourth-order valence-electron chi connectivity index (χ4n) is 3.33. The minimum atomic E-state index is -0.130. The summed E-state index contributed by atoms with van der Waals surface area (Å²) in [7, 11) is 7.68. The van der Waals surface area contributed by atoms with Gasteiger partial charge in [0.2, 0.25) is 0 Å². The van der Waals surface area contributed by atoms with Gasteiger partial charge in [0.1, 0.15) is 5.75 Å². The molecule has 0 saturated heterocycles. The van der Waals surface area contributed by atoms with E-state index in [0.717, 1.165) is 0 Å². The second-order valence-electron chi connectivity index (χ2n) is 6.60. The smallest absolute Gasteiger partial charge is 0.255 e. The molecule has 1 unspecified atom stereocenters. The van der Waals surface area contributed by atoms with E-state index in [0.29, 0.717) is 17.9 Å². The molecule has 0 saturated carbocycles. The highest BCUT2D eigenvalue weighted by molar-refractivity contribution is 5.97. The topological polar surface area (TPSA) is 46.5 Å². The Kier molecular flexibility index (Phi) is 5.28. The van der Waals surface area contributed by atoms with Crippen LogP contribution in [-0.2, 0) is 7.05 Å². The lowest BCUT2D eigenvalue weighted by molar-refractivity contribution is 0.0939. The van der Waals surface area contributed by atoms with Crippen molar-refractivity contribution in [3.63, 3.8) is 0 Å². The number of carbonyl (C=O) groups excluding carboxylic acids is 1. The first-order chi connectivity index (χ1) is 12.5. The van der Waals surface area contributed by atoms with E-state index in [1.807, 2.05) is 45.4 Å². The highest BCUT2D eigenvalue weighted by Crippen LogP contribution is 2.28. The molecule has 1 aromatic heterocycles. The van der Waals surface area contributed by atoms with Crippen LogP contribution in [0.1, 0.15) is 22.0 Å². The molecule has 1 N–H and O–H groups in total. The average molecular weight is 351 g/mol. The Morgan fingerprint density at radius 2 is 1.85 bits per heavy atom. The highest BCUT2D eigenvalue weighted by atomic mass is 16.5. The van der Waals surface area contributed by atoms with E-state index in [4.69, 9.17) is 4.74 Å². The van der Waals surface area contributed by atoms with Gasteiger partial charge in [0.25, 0.3) is 5.91 Å². The molecule has 3 aromatic rings. The number of aromatic nitrogens is 1. The van der Waals surface area contributed by atoms with Gasteiger partial charge < -0.3 is 19.5 Å². The van der Waals surface area contributed by atoms with Gasteiger partial charge in [0.15, 0.2) is 0 Å². The molecular weight excluding hydrogens is 326 g/mol. The third kappa shape index (κ3) is 3.44. The zero-order valence-corrected chi connectivity index (χ0v) is 15.7. The van der Waals surface area contributed by atoms with Gasteiger partial charge in [-0.05, 0) is 37.9 Å². The van der Waals surface area contributed by atoms with Crippen LogP contribution < -0.4 is 10.1 Å². The van der Waals surface area contributed by atoms with Crippen molar-refractivity contribution >= 4 is 16.8 Å². The lowest BCUT2D eigenvalue weighted by Crippen LogP contribution is -2.34. The molecule has 2 aromatic carbocycles. The standard InChI is InChI=1S/C21H25N3O2/c1-23(2)19(17-14-24(3)18-11-7-5-9-15(17)18)13-22-21(25)16-10-6-8-12-20(16)26-4/h5-12,14,19H,13H2,1-4H3,(H,22,25). The van der Waals surface area contributed by atoms with Gasteiger partial charge in [-0.1, -0.05) is 30.3 Å². The number of carbonyl (C=O) groups is 1. The molecule has 0 aliphatic carbocycles. The number of nitrogens with zero attached hydrogens (tertiary/aromatic N) is 2. The molecular formula is C21H25N3O2. The molecule has 0 aliphatic rings. The number of likely N-dealkylation sites (N-methyl/N-ethyl adjacent to an activating group) is 1. The maximum Gasteiger partial charge on any atom is 0.255 e. The van der Waals surface area contributed by atoms with Gasteiger partial charge in [-0.15, -0.1) is 0 Å². The van der Waals surface area contributed by atoms with Crippen LogP contribution in [0.4, 0.5) is 0 Å². The first-order valence-corrected chi connectivity index (χ1v) is 8.64. The second-order valence-corrected chi connectivity index (χ2v) is 6.60. The molecule has 0 spiro atoms. The lowest BCUT2D eigenvalue weighted by atomic mass is 10.0. The SMILES string of the molecule is COc1ccccc1C(=O)NCC(c1cn(C)c2ccccc12)N(C)C. The zero-order chi connectivity index (χ0) is 18.7. The van der Waals surface area contributed by atoms with E-state index in [-0.39, 0.29) is 11.9 Å². The van der Waals surface area contributed by atoms with E-state index < -0.39 is 0 Å². The molecule has 0 radical (unpaired) electrons. The average Bonchev–Trinajstić information content (AvgIpc) is 2.98. The van der Waals surface area contributed by atoms with E-state index in [1.54, 1.807) is 19.2 Å². The molecule has 5 heteroatoms. The number of benzene rings is 2. The van der Waals surface area contributed by atoms with Gasteiger partial charge >= 0.3 is 0 Å². The third-order valence-electron chi connectivity index (χ3n) is 4.72. The van der Waals surface area contributed by atoms with Gasteiger partial charge in [0, 0.05) is 30.7 Å². The number of fused-ring (bicyclic) bond motifs is 1. The normalized spacial score (nSPS) is 12.3. The van der Waals surface area contributed by atoms with Crippen molar-refractivity contribution in [2.24, 2.45) is 7.05 Å². The molecule has 1 amide bonds. The number of nitrogens with one attached hydrogen (secondary N) is 1. The van der Waals surface area contributed by atoms with Crippen LogP contribution in [0, 0.1) is 0 Å². The summed E-state index contributed by atoms with van der Waals surface area (Å²) in [5.41, 5.74) is 2.93. The first kappa shape index (κ1) is 18.0. The Morgan fingerprint density at radius 3 is 2.58 bits per heavy atom. The van der Waals surface area contributed by atoms with Gasteiger partial charge in [-0.25, -0.2) is 0 Å². The van der Waals surface area contributed by atoms with Crippen LogP contribution in [0.25, 0.3) is 10.9 Å². The van der Waals surface area contributed by atoms with Crippen molar-refractivity contribution in [1.82, 2.24) is 14.8 Å². The van der Waals surface area contributed by atoms with Crippen LogP contribution in [0.15, 0.2) is 54.7 Å². The fourth-order valence-corrected chi connectivity index (χ4v) is 3.33. The summed E-state index contributed by atoms with van der Waals surface area (Å²) in [6.45, 7) is 0.512. The number of rotatable bonds is 6. The summed E-state index contributed by atoms with van der Waals surface area (Å²) in [4.78, 5) is 14.8. The van der Waals surface area contributed by atoms with Gasteiger partial charge in [0.05, 0.1) is 18.7 Å². The third-order valence-corrected chi connectivity index (χ3v) is 4.72. The maximum atomic E-state index is 12.6.